The van der Waals surface area contributed by atoms with E-state index in [9.17, 15) is 0 Å². The van der Waals surface area contributed by atoms with Crippen LogP contribution in [0.25, 0.3) is 12.2 Å². The minimum absolute atomic E-state index is 0.485. The molecule has 0 amide bonds. The molecular weight excluding hydrogens is 396 g/mol. The first-order chi connectivity index (χ1) is 15.5. The zero-order valence-corrected chi connectivity index (χ0v) is 19.0. The molecule has 0 aliphatic heterocycles. The van der Waals surface area contributed by atoms with Gasteiger partial charge in [-0.25, -0.2) is 0 Å². The Kier molecular flexibility index (Phi) is 10.5. The second-order valence-corrected chi connectivity index (χ2v) is 7.41. The van der Waals surface area contributed by atoms with Crippen LogP contribution in [0.1, 0.15) is 48.4 Å². The first-order valence-electron chi connectivity index (χ1n) is 10.8. The van der Waals surface area contributed by atoms with Crippen molar-refractivity contribution in [2.75, 3.05) is 20.1 Å². The van der Waals surface area contributed by atoms with Crippen LogP contribution < -0.4 is 16.8 Å². The quantitative estimate of drug-likeness (QED) is 0.243. The lowest BCUT2D eigenvalue weighted by atomic mass is 10.1. The van der Waals surface area contributed by atoms with E-state index < -0.39 is 0 Å². The fourth-order valence-electron chi connectivity index (χ4n) is 2.93. The number of benzene rings is 2. The normalized spacial score (nSPS) is 12.6. The van der Waals surface area contributed by atoms with Crippen LogP contribution in [0.2, 0.25) is 0 Å². The summed E-state index contributed by atoms with van der Waals surface area (Å²) >= 11 is 0. The van der Waals surface area contributed by atoms with Gasteiger partial charge in [-0.3, -0.25) is 9.98 Å². The van der Waals surface area contributed by atoms with Crippen LogP contribution in [0.5, 0.6) is 0 Å². The Balaban J connectivity index is 1.61. The lowest BCUT2D eigenvalue weighted by molar-refractivity contribution is 0.828. The smallest absolute Gasteiger partial charge is 0.188 e. The predicted molar refractivity (Wildman–Crippen MR) is 138 cm³/mol. The van der Waals surface area contributed by atoms with E-state index in [1.807, 2.05) is 48.5 Å². The number of amidine groups is 1. The molecule has 0 heterocycles. The number of nitrogens with two attached hydrogens (primary N) is 2. The van der Waals surface area contributed by atoms with Gasteiger partial charge in [0.25, 0.3) is 0 Å². The van der Waals surface area contributed by atoms with Crippen molar-refractivity contribution in [3.8, 4) is 0 Å². The molecule has 0 saturated heterocycles. The number of rotatable bonds is 11. The molecule has 6 N–H and O–H groups in total. The molecule has 0 radical (unpaired) electrons. The van der Waals surface area contributed by atoms with E-state index in [-0.39, 0.29) is 0 Å². The van der Waals surface area contributed by atoms with Gasteiger partial charge in [0.05, 0.1) is 0 Å². The van der Waals surface area contributed by atoms with Crippen molar-refractivity contribution < 1.29 is 0 Å². The molecule has 0 aliphatic rings. The molecule has 0 fully saturated rings. The second kappa shape index (κ2) is 13.6. The van der Waals surface area contributed by atoms with Crippen molar-refractivity contribution >= 4 is 29.7 Å². The van der Waals surface area contributed by atoms with E-state index in [0.717, 1.165) is 48.1 Å². The maximum absolute atomic E-state index is 7.62. The number of allylic oxidation sites excluding steroid dienone is 1. The summed E-state index contributed by atoms with van der Waals surface area (Å²) in [5, 5.41) is 10.8. The van der Waals surface area contributed by atoms with Gasteiger partial charge in [-0.15, -0.1) is 0 Å². The number of hydrogen-bond donors (Lipinski definition) is 4. The van der Waals surface area contributed by atoms with E-state index in [4.69, 9.17) is 16.9 Å². The van der Waals surface area contributed by atoms with Gasteiger partial charge >= 0.3 is 0 Å². The summed E-state index contributed by atoms with van der Waals surface area (Å²) in [6.45, 7) is 3.23. The monoisotopic (exact) mass is 430 g/mol. The molecule has 0 spiro atoms. The van der Waals surface area contributed by atoms with Gasteiger partial charge in [0.2, 0.25) is 0 Å². The Labute approximate surface area is 191 Å². The van der Waals surface area contributed by atoms with Crippen LogP contribution in [0.4, 0.5) is 0 Å². The lowest BCUT2D eigenvalue weighted by Crippen LogP contribution is -2.32. The molecule has 0 unspecified atom stereocenters. The molecular formula is C26H34N6. The largest absolute Gasteiger partial charge is 0.384 e. The molecule has 6 nitrogen and oxygen atoms in total. The highest BCUT2D eigenvalue weighted by Crippen LogP contribution is 2.08. The zero-order chi connectivity index (χ0) is 23.2. The SMILES string of the molecule is CN=C(N)c1ccc(/C=C/CCNC(N)=NCCC/C=C/c2ccc(C(C)=N)cc2)cc1. The second-order valence-electron chi connectivity index (χ2n) is 7.41. The molecule has 2 aromatic carbocycles. The van der Waals surface area contributed by atoms with E-state index >= 15 is 0 Å². The number of hydrogen-bond acceptors (Lipinski definition) is 3. The summed E-state index contributed by atoms with van der Waals surface area (Å²) in [7, 11) is 1.69. The highest BCUT2D eigenvalue weighted by molar-refractivity contribution is 5.97. The number of aliphatic imine (C=N–C) groups is 2. The third-order valence-electron chi connectivity index (χ3n) is 4.84. The summed E-state index contributed by atoms with van der Waals surface area (Å²) in [6.07, 6.45) is 11.2. The summed E-state index contributed by atoms with van der Waals surface area (Å²) in [5.74, 6) is 1.03. The Bertz CT molecular complexity index is 966. The Morgan fingerprint density at radius 2 is 1.47 bits per heavy atom. The fraction of sp³-hybridized carbons (Fsp3) is 0.269. The van der Waals surface area contributed by atoms with Crippen molar-refractivity contribution in [1.82, 2.24) is 5.32 Å². The topological polar surface area (TPSA) is 113 Å². The average molecular weight is 431 g/mol. The van der Waals surface area contributed by atoms with Gasteiger partial charge in [0.1, 0.15) is 5.84 Å². The average Bonchev–Trinajstić information content (AvgIpc) is 2.81. The summed E-state index contributed by atoms with van der Waals surface area (Å²) < 4.78 is 0. The maximum Gasteiger partial charge on any atom is 0.188 e. The summed E-state index contributed by atoms with van der Waals surface area (Å²) in [6, 6.07) is 16.0. The molecule has 0 saturated carbocycles. The molecule has 0 aliphatic carbocycles. The first-order valence-corrected chi connectivity index (χ1v) is 10.8. The molecule has 2 rings (SSSR count). The van der Waals surface area contributed by atoms with Crippen LogP contribution in [0, 0.1) is 5.41 Å². The Morgan fingerprint density at radius 1 is 0.906 bits per heavy atom. The minimum Gasteiger partial charge on any atom is -0.384 e. The molecule has 0 aromatic heterocycles. The van der Waals surface area contributed by atoms with Crippen LogP contribution >= 0.6 is 0 Å². The fourth-order valence-corrected chi connectivity index (χ4v) is 2.93. The highest BCUT2D eigenvalue weighted by Gasteiger charge is 1.96. The predicted octanol–water partition coefficient (Wildman–Crippen LogP) is 4.21. The van der Waals surface area contributed by atoms with Crippen molar-refractivity contribution in [3.05, 3.63) is 82.9 Å². The standard InChI is InChI=1S/C26H34N6/c1-20(27)23-14-10-21(11-15-23)8-4-3-6-18-31-26(29)32-19-7-5-9-22-12-16-24(17-13-22)25(28)30-2/h4-5,8-17,27H,3,6-7,18-19H2,1-2H3,(H2,28,30)(H3,29,31,32)/b8-4+,9-5+,27-20?. The Morgan fingerprint density at radius 3 is 2.03 bits per heavy atom. The first kappa shape index (κ1) is 24.6. The summed E-state index contributed by atoms with van der Waals surface area (Å²) in [4.78, 5) is 8.35. The van der Waals surface area contributed by atoms with E-state index in [0.29, 0.717) is 24.1 Å². The molecule has 0 bridgehead atoms. The van der Waals surface area contributed by atoms with E-state index in [1.165, 1.54) is 0 Å². The van der Waals surface area contributed by atoms with Gasteiger partial charge in [0, 0.05) is 31.4 Å². The van der Waals surface area contributed by atoms with Gasteiger partial charge in [-0.1, -0.05) is 72.8 Å². The lowest BCUT2D eigenvalue weighted by Gasteiger charge is -2.03. The van der Waals surface area contributed by atoms with Crippen molar-refractivity contribution in [3.63, 3.8) is 0 Å². The number of nitrogens with zero attached hydrogens (tertiary/aromatic N) is 2. The van der Waals surface area contributed by atoms with E-state index in [2.05, 4.69) is 39.6 Å². The molecule has 2 aromatic rings. The van der Waals surface area contributed by atoms with Gasteiger partial charge in [-0.05, 0) is 42.9 Å². The Hall–Kier alpha value is -3.67. The maximum atomic E-state index is 7.62. The minimum atomic E-state index is 0.485. The van der Waals surface area contributed by atoms with E-state index in [1.54, 1.807) is 14.0 Å². The third kappa shape index (κ3) is 9.00. The van der Waals surface area contributed by atoms with Gasteiger partial charge in [0.15, 0.2) is 5.96 Å². The number of nitrogens with one attached hydrogen (secondary N) is 2. The third-order valence-corrected chi connectivity index (χ3v) is 4.84. The van der Waals surface area contributed by atoms with Crippen molar-refractivity contribution in [1.29, 1.82) is 5.41 Å². The molecule has 32 heavy (non-hydrogen) atoms. The van der Waals surface area contributed by atoms with Crippen LogP contribution in [0.3, 0.4) is 0 Å². The highest BCUT2D eigenvalue weighted by atomic mass is 15.1. The number of unbranched alkanes of at least 4 members (excludes halogenated alkanes) is 1. The van der Waals surface area contributed by atoms with Gasteiger partial charge < -0.3 is 22.2 Å². The zero-order valence-electron chi connectivity index (χ0n) is 19.0. The van der Waals surface area contributed by atoms with Crippen molar-refractivity contribution in [2.45, 2.75) is 26.2 Å². The van der Waals surface area contributed by atoms with Gasteiger partial charge in [-0.2, -0.15) is 0 Å². The van der Waals surface area contributed by atoms with Crippen molar-refractivity contribution in [2.24, 2.45) is 21.5 Å². The molecule has 0 atom stereocenters. The molecule has 168 valence electrons. The summed E-state index contributed by atoms with van der Waals surface area (Å²) in [5.41, 5.74) is 16.5. The molecule has 6 heteroatoms. The van der Waals surface area contributed by atoms with Crippen LogP contribution in [-0.4, -0.2) is 37.6 Å². The van der Waals surface area contributed by atoms with Crippen LogP contribution in [-0.2, 0) is 0 Å². The van der Waals surface area contributed by atoms with Crippen LogP contribution in [0.15, 0.2) is 70.7 Å². The number of guanidine groups is 1.